The number of aromatic hydroxyl groups is 1. The predicted molar refractivity (Wildman–Crippen MR) is 45.9 cm³/mol. The second-order valence-corrected chi connectivity index (χ2v) is 3.46. The maximum atomic E-state index is 12.5. The third-order valence-corrected chi connectivity index (χ3v) is 2.52. The molecule has 0 saturated heterocycles. The first-order valence-electron chi connectivity index (χ1n) is 4.33. The van der Waals surface area contributed by atoms with Crippen LogP contribution in [0.25, 0.3) is 0 Å². The number of alkyl halides is 3. The van der Waals surface area contributed by atoms with Gasteiger partial charge in [0, 0.05) is 17.5 Å². The summed E-state index contributed by atoms with van der Waals surface area (Å²) < 4.78 is 37.6. The highest BCUT2D eigenvalue weighted by atomic mass is 19.4. The molecule has 5 heteroatoms. The van der Waals surface area contributed by atoms with Crippen LogP contribution in [0.1, 0.15) is 28.3 Å². The highest BCUT2D eigenvalue weighted by Crippen LogP contribution is 2.47. The van der Waals surface area contributed by atoms with Gasteiger partial charge in [0.25, 0.3) is 0 Å². The lowest BCUT2D eigenvalue weighted by Crippen LogP contribution is -2.18. The summed E-state index contributed by atoms with van der Waals surface area (Å²) in [5.41, 5.74) is -0.299. The van der Waals surface area contributed by atoms with Crippen molar-refractivity contribution in [1.29, 1.82) is 0 Å². The number of phenols is 1. The monoisotopic (exact) mass is 216 g/mol. The van der Waals surface area contributed by atoms with E-state index in [4.69, 9.17) is 0 Å². The van der Waals surface area contributed by atoms with Crippen LogP contribution in [0.15, 0.2) is 18.2 Å². The number of halogens is 3. The van der Waals surface area contributed by atoms with Crippen LogP contribution < -0.4 is 0 Å². The Morgan fingerprint density at radius 3 is 2.60 bits per heavy atom. The van der Waals surface area contributed by atoms with Gasteiger partial charge in [0.1, 0.15) is 5.75 Å². The molecule has 0 amide bonds. The van der Waals surface area contributed by atoms with E-state index in [2.05, 4.69) is 0 Å². The molecule has 0 fully saturated rings. The zero-order valence-corrected chi connectivity index (χ0v) is 7.51. The number of rotatable bonds is 0. The summed E-state index contributed by atoms with van der Waals surface area (Å²) in [5, 5.41) is 9.33. The van der Waals surface area contributed by atoms with Crippen LogP contribution in [0.2, 0.25) is 0 Å². The molecule has 2 rings (SSSR count). The molecule has 2 nitrogen and oxygen atoms in total. The van der Waals surface area contributed by atoms with Gasteiger partial charge in [-0.15, -0.1) is 0 Å². The fourth-order valence-corrected chi connectivity index (χ4v) is 1.84. The van der Waals surface area contributed by atoms with Crippen LogP contribution in [0, 0.1) is 0 Å². The van der Waals surface area contributed by atoms with E-state index in [0.29, 0.717) is 0 Å². The molecule has 0 heterocycles. The molecular formula is C10H7F3O2. The van der Waals surface area contributed by atoms with Gasteiger partial charge in [0.05, 0.1) is 5.92 Å². The lowest BCUT2D eigenvalue weighted by atomic mass is 10.00. The molecular weight excluding hydrogens is 209 g/mol. The standard InChI is InChI=1S/C10H7F3O2/c11-10(12,13)6-4-8(15)5-2-1-3-7(14)9(5)6/h1-3,6,14H,4H2. The first-order valence-corrected chi connectivity index (χ1v) is 4.33. The number of hydrogen-bond acceptors (Lipinski definition) is 2. The molecule has 0 aromatic heterocycles. The molecule has 1 unspecified atom stereocenters. The quantitative estimate of drug-likeness (QED) is 0.723. The Morgan fingerprint density at radius 1 is 1.33 bits per heavy atom. The second kappa shape index (κ2) is 2.98. The zero-order valence-electron chi connectivity index (χ0n) is 7.51. The Morgan fingerprint density at radius 2 is 2.00 bits per heavy atom. The molecule has 0 aliphatic heterocycles. The van der Waals surface area contributed by atoms with Crippen molar-refractivity contribution >= 4 is 5.78 Å². The van der Waals surface area contributed by atoms with Crippen molar-refractivity contribution in [3.05, 3.63) is 29.3 Å². The Hall–Kier alpha value is -1.52. The number of Topliss-reactive ketones (excluding diaryl/α,β-unsaturated/α-hetero) is 1. The molecule has 1 N–H and O–H groups in total. The average molecular weight is 216 g/mol. The third kappa shape index (κ3) is 1.48. The number of ketones is 1. The maximum Gasteiger partial charge on any atom is 0.396 e. The largest absolute Gasteiger partial charge is 0.508 e. The summed E-state index contributed by atoms with van der Waals surface area (Å²) in [7, 11) is 0. The molecule has 1 aromatic rings. The summed E-state index contributed by atoms with van der Waals surface area (Å²) in [4.78, 5) is 11.3. The van der Waals surface area contributed by atoms with Crippen molar-refractivity contribution in [2.75, 3.05) is 0 Å². The first-order chi connectivity index (χ1) is 6.91. The highest BCUT2D eigenvalue weighted by Gasteiger charge is 2.48. The summed E-state index contributed by atoms with van der Waals surface area (Å²) in [6, 6.07) is 3.84. The Kier molecular flexibility index (Phi) is 1.99. The summed E-state index contributed by atoms with van der Waals surface area (Å²) in [6.07, 6.45) is -5.09. The molecule has 15 heavy (non-hydrogen) atoms. The van der Waals surface area contributed by atoms with Crippen LogP contribution in [0.5, 0.6) is 5.75 Å². The highest BCUT2D eigenvalue weighted by molar-refractivity contribution is 6.02. The van der Waals surface area contributed by atoms with Gasteiger partial charge in [-0.25, -0.2) is 0 Å². The van der Waals surface area contributed by atoms with Gasteiger partial charge in [-0.3, -0.25) is 4.79 Å². The van der Waals surface area contributed by atoms with Gasteiger partial charge in [-0.05, 0) is 6.07 Å². The van der Waals surface area contributed by atoms with Gasteiger partial charge in [0.2, 0.25) is 0 Å². The topological polar surface area (TPSA) is 37.3 Å². The summed E-state index contributed by atoms with van der Waals surface area (Å²) >= 11 is 0. The van der Waals surface area contributed by atoms with Gasteiger partial charge < -0.3 is 5.11 Å². The van der Waals surface area contributed by atoms with Crippen LogP contribution in [-0.4, -0.2) is 17.1 Å². The van der Waals surface area contributed by atoms with Gasteiger partial charge in [0.15, 0.2) is 5.78 Å². The van der Waals surface area contributed by atoms with E-state index < -0.39 is 30.0 Å². The number of benzene rings is 1. The molecule has 0 spiro atoms. The minimum absolute atomic E-state index is 0.0164. The van der Waals surface area contributed by atoms with Crippen LogP contribution in [-0.2, 0) is 0 Å². The predicted octanol–water partition coefficient (Wildman–Crippen LogP) is 2.62. The molecule has 1 aliphatic carbocycles. The fourth-order valence-electron chi connectivity index (χ4n) is 1.84. The molecule has 80 valence electrons. The van der Waals surface area contributed by atoms with E-state index in [0.717, 1.165) is 6.07 Å². The van der Waals surface area contributed by atoms with E-state index >= 15 is 0 Å². The van der Waals surface area contributed by atoms with Gasteiger partial charge >= 0.3 is 6.18 Å². The molecule has 1 aromatic carbocycles. The van der Waals surface area contributed by atoms with E-state index in [9.17, 15) is 23.1 Å². The third-order valence-electron chi connectivity index (χ3n) is 2.52. The number of hydrogen-bond donors (Lipinski definition) is 1. The average Bonchev–Trinajstić information content (AvgIpc) is 2.45. The number of carbonyl (C=O) groups excluding carboxylic acids is 1. The van der Waals surface area contributed by atoms with Crippen molar-refractivity contribution in [3.8, 4) is 5.75 Å². The van der Waals surface area contributed by atoms with E-state index in [1.807, 2.05) is 0 Å². The van der Waals surface area contributed by atoms with Crippen LogP contribution in [0.3, 0.4) is 0 Å². The minimum atomic E-state index is -4.49. The fraction of sp³-hybridized carbons (Fsp3) is 0.300. The Labute approximate surface area is 83.3 Å². The lowest BCUT2D eigenvalue weighted by Gasteiger charge is -2.15. The Balaban J connectivity index is 2.59. The van der Waals surface area contributed by atoms with Crippen molar-refractivity contribution in [3.63, 3.8) is 0 Å². The van der Waals surface area contributed by atoms with E-state index in [1.165, 1.54) is 12.1 Å². The minimum Gasteiger partial charge on any atom is -0.508 e. The van der Waals surface area contributed by atoms with Crippen LogP contribution in [0.4, 0.5) is 13.2 Å². The Bertz CT molecular complexity index is 423. The molecule has 1 atom stereocenters. The second-order valence-electron chi connectivity index (χ2n) is 3.46. The SMILES string of the molecule is O=C1CC(C(F)(F)F)c2c(O)cccc21. The summed E-state index contributed by atoms with van der Waals surface area (Å²) in [6.45, 7) is 0. The summed E-state index contributed by atoms with van der Waals surface area (Å²) in [5.74, 6) is -2.88. The van der Waals surface area contributed by atoms with Crippen LogP contribution >= 0.6 is 0 Å². The van der Waals surface area contributed by atoms with Crippen molar-refractivity contribution in [1.82, 2.24) is 0 Å². The molecule has 0 radical (unpaired) electrons. The lowest BCUT2D eigenvalue weighted by molar-refractivity contribution is -0.148. The van der Waals surface area contributed by atoms with Crippen molar-refractivity contribution in [2.24, 2.45) is 0 Å². The van der Waals surface area contributed by atoms with Gasteiger partial charge in [-0.1, -0.05) is 12.1 Å². The molecule has 0 saturated carbocycles. The number of fused-ring (bicyclic) bond motifs is 1. The first kappa shape index (κ1) is 10.0. The smallest absolute Gasteiger partial charge is 0.396 e. The van der Waals surface area contributed by atoms with Crippen molar-refractivity contribution in [2.45, 2.75) is 18.5 Å². The normalized spacial score (nSPS) is 20.5. The molecule has 1 aliphatic rings. The maximum absolute atomic E-state index is 12.5. The van der Waals surface area contributed by atoms with Gasteiger partial charge in [-0.2, -0.15) is 13.2 Å². The van der Waals surface area contributed by atoms with E-state index in [1.54, 1.807) is 0 Å². The number of carbonyl (C=O) groups is 1. The number of phenolic OH excluding ortho intramolecular Hbond substituents is 1. The van der Waals surface area contributed by atoms with E-state index in [-0.39, 0.29) is 11.1 Å². The zero-order chi connectivity index (χ0) is 11.2. The van der Waals surface area contributed by atoms with Crippen molar-refractivity contribution < 1.29 is 23.1 Å². The molecule has 0 bridgehead atoms.